The van der Waals surface area contributed by atoms with Crippen molar-refractivity contribution in [3.63, 3.8) is 0 Å². The zero-order chi connectivity index (χ0) is 18.2. The maximum Gasteiger partial charge on any atom is 0.318 e. The van der Waals surface area contributed by atoms with Crippen LogP contribution in [0.4, 0.5) is 13.6 Å². The molecule has 0 heterocycles. The molecule has 2 amide bonds. The number of urea groups is 1. The van der Waals surface area contributed by atoms with E-state index in [1.165, 1.54) is 0 Å². The Bertz CT molecular complexity index is 727. The Labute approximate surface area is 145 Å². The lowest BCUT2D eigenvalue weighted by atomic mass is 10.1. The number of hydrogen-bond acceptors (Lipinski definition) is 2. The minimum atomic E-state index is -2.61. The van der Waals surface area contributed by atoms with Gasteiger partial charge < -0.3 is 10.2 Å². The fourth-order valence-corrected chi connectivity index (χ4v) is 2.40. The van der Waals surface area contributed by atoms with Crippen LogP contribution >= 0.6 is 0 Å². The third-order valence-electron chi connectivity index (χ3n) is 3.74. The molecule has 0 aliphatic rings. The molecule has 2 rings (SSSR count). The summed E-state index contributed by atoms with van der Waals surface area (Å²) in [5, 5.41) is 11.5. The van der Waals surface area contributed by atoms with E-state index in [9.17, 15) is 13.6 Å². The van der Waals surface area contributed by atoms with Crippen LogP contribution in [0.1, 0.15) is 29.7 Å². The van der Waals surface area contributed by atoms with Gasteiger partial charge in [-0.25, -0.2) is 13.6 Å². The molecule has 0 aliphatic carbocycles. The van der Waals surface area contributed by atoms with E-state index in [0.717, 1.165) is 16.0 Å². The third-order valence-corrected chi connectivity index (χ3v) is 3.74. The van der Waals surface area contributed by atoms with Gasteiger partial charge in [0.1, 0.15) is 0 Å². The van der Waals surface area contributed by atoms with E-state index in [1.807, 2.05) is 12.1 Å². The highest BCUT2D eigenvalue weighted by Crippen LogP contribution is 2.15. The summed E-state index contributed by atoms with van der Waals surface area (Å²) in [6.07, 6.45) is -2.61. The van der Waals surface area contributed by atoms with E-state index < -0.39 is 19.0 Å². The summed E-state index contributed by atoms with van der Waals surface area (Å²) < 4.78 is 25.7. The molecule has 4 nitrogen and oxygen atoms in total. The summed E-state index contributed by atoms with van der Waals surface area (Å²) >= 11 is 0. The largest absolute Gasteiger partial charge is 0.331 e. The van der Waals surface area contributed by atoms with Gasteiger partial charge in [0.15, 0.2) is 0 Å². The Morgan fingerprint density at radius 1 is 1.16 bits per heavy atom. The molecule has 0 radical (unpaired) electrons. The average Bonchev–Trinajstić information content (AvgIpc) is 2.61. The summed E-state index contributed by atoms with van der Waals surface area (Å²) in [5.41, 5.74) is 2.10. The van der Waals surface area contributed by atoms with Crippen LogP contribution in [0.3, 0.4) is 0 Å². The number of benzene rings is 2. The van der Waals surface area contributed by atoms with Crippen molar-refractivity contribution in [1.82, 2.24) is 10.2 Å². The van der Waals surface area contributed by atoms with Gasteiger partial charge in [-0.3, -0.25) is 0 Å². The zero-order valence-corrected chi connectivity index (χ0v) is 13.8. The monoisotopic (exact) mass is 343 g/mol. The van der Waals surface area contributed by atoms with Crippen LogP contribution in [0.15, 0.2) is 54.6 Å². The highest BCUT2D eigenvalue weighted by Gasteiger charge is 2.20. The van der Waals surface area contributed by atoms with Gasteiger partial charge in [-0.1, -0.05) is 42.5 Å². The highest BCUT2D eigenvalue weighted by molar-refractivity contribution is 5.74. The molecule has 1 N–H and O–H groups in total. The van der Waals surface area contributed by atoms with Crippen LogP contribution in [0.25, 0.3) is 0 Å². The summed E-state index contributed by atoms with van der Waals surface area (Å²) in [7, 11) is 0. The topological polar surface area (TPSA) is 56.1 Å². The van der Waals surface area contributed by atoms with Gasteiger partial charge in [-0.15, -0.1) is 0 Å². The molecule has 1 atom stereocenters. The van der Waals surface area contributed by atoms with E-state index in [2.05, 4.69) is 5.32 Å². The number of nitrogens with one attached hydrogen (secondary N) is 1. The Morgan fingerprint density at radius 2 is 1.80 bits per heavy atom. The van der Waals surface area contributed by atoms with Gasteiger partial charge in [-0.2, -0.15) is 5.26 Å². The Kier molecular flexibility index (Phi) is 6.47. The number of hydrogen-bond donors (Lipinski definition) is 1. The predicted octanol–water partition coefficient (Wildman–Crippen LogP) is 4.10. The number of rotatable bonds is 6. The van der Waals surface area contributed by atoms with Crippen molar-refractivity contribution in [1.29, 1.82) is 5.26 Å². The Hall–Kier alpha value is -2.94. The van der Waals surface area contributed by atoms with Crippen molar-refractivity contribution in [2.75, 3.05) is 6.54 Å². The van der Waals surface area contributed by atoms with Crippen LogP contribution in [0.2, 0.25) is 0 Å². The molecular weight excluding hydrogens is 324 g/mol. The molecule has 0 saturated carbocycles. The highest BCUT2D eigenvalue weighted by atomic mass is 19.3. The van der Waals surface area contributed by atoms with Gasteiger partial charge in [0.2, 0.25) is 0 Å². The maximum atomic E-state index is 12.8. The molecule has 25 heavy (non-hydrogen) atoms. The normalized spacial score (nSPS) is 11.6. The second-order valence-corrected chi connectivity index (χ2v) is 5.66. The van der Waals surface area contributed by atoms with Gasteiger partial charge in [0.05, 0.1) is 24.2 Å². The third kappa shape index (κ3) is 5.57. The predicted molar refractivity (Wildman–Crippen MR) is 91.0 cm³/mol. The van der Waals surface area contributed by atoms with Crippen LogP contribution in [0.5, 0.6) is 0 Å². The van der Waals surface area contributed by atoms with Gasteiger partial charge in [0.25, 0.3) is 6.43 Å². The summed E-state index contributed by atoms with van der Waals surface area (Å²) in [5.74, 6) is 0. The molecular formula is C19H19F2N3O. The maximum absolute atomic E-state index is 12.8. The molecule has 2 aromatic carbocycles. The van der Waals surface area contributed by atoms with Crippen LogP contribution in [0, 0.1) is 11.3 Å². The zero-order valence-electron chi connectivity index (χ0n) is 13.8. The van der Waals surface area contributed by atoms with E-state index in [-0.39, 0.29) is 12.6 Å². The Morgan fingerprint density at radius 3 is 2.36 bits per heavy atom. The van der Waals surface area contributed by atoms with Crippen molar-refractivity contribution in [3.05, 3.63) is 71.3 Å². The molecule has 0 aromatic heterocycles. The number of alkyl halides is 2. The van der Waals surface area contributed by atoms with Crippen LogP contribution in [-0.4, -0.2) is 23.9 Å². The first-order valence-electron chi connectivity index (χ1n) is 7.87. The van der Waals surface area contributed by atoms with Crippen molar-refractivity contribution in [3.8, 4) is 6.07 Å². The fourth-order valence-electron chi connectivity index (χ4n) is 2.40. The number of nitriles is 1. The molecule has 0 spiro atoms. The number of halogens is 2. The quantitative estimate of drug-likeness (QED) is 0.859. The molecule has 0 aliphatic heterocycles. The van der Waals surface area contributed by atoms with Gasteiger partial charge >= 0.3 is 6.03 Å². The number of carbonyl (C=O) groups excluding carboxylic acids is 1. The lowest BCUT2D eigenvalue weighted by Crippen LogP contribution is -2.42. The first kappa shape index (κ1) is 18.4. The first-order chi connectivity index (χ1) is 12.0. The van der Waals surface area contributed by atoms with Crippen molar-refractivity contribution in [2.45, 2.75) is 25.9 Å². The summed E-state index contributed by atoms with van der Waals surface area (Å²) in [4.78, 5) is 13.5. The average molecular weight is 343 g/mol. The number of amides is 2. The lowest BCUT2D eigenvalue weighted by Gasteiger charge is -2.25. The molecule has 0 fully saturated rings. The molecule has 2 aromatic rings. The second kappa shape index (κ2) is 8.78. The second-order valence-electron chi connectivity index (χ2n) is 5.66. The molecule has 6 heteroatoms. The minimum absolute atomic E-state index is 0.108. The van der Waals surface area contributed by atoms with Gasteiger partial charge in [0, 0.05) is 6.54 Å². The SMILES string of the molecule is C[C@@H](NC(=O)N(Cc1ccccc1)CC(F)F)c1ccc(C#N)cc1. The first-order valence-corrected chi connectivity index (χ1v) is 7.87. The van der Waals surface area contributed by atoms with E-state index in [0.29, 0.717) is 5.56 Å². The van der Waals surface area contributed by atoms with Crippen molar-refractivity contribution < 1.29 is 13.6 Å². The van der Waals surface area contributed by atoms with Crippen LogP contribution < -0.4 is 5.32 Å². The smallest absolute Gasteiger partial charge is 0.318 e. The van der Waals surface area contributed by atoms with E-state index in [1.54, 1.807) is 55.5 Å². The minimum Gasteiger partial charge on any atom is -0.331 e. The molecule has 130 valence electrons. The fraction of sp³-hybridized carbons (Fsp3) is 0.263. The Balaban J connectivity index is 2.05. The van der Waals surface area contributed by atoms with Gasteiger partial charge in [-0.05, 0) is 30.2 Å². The standard InChI is InChI=1S/C19H19F2N3O/c1-14(17-9-7-15(11-22)8-10-17)23-19(25)24(13-18(20)21)12-16-5-3-2-4-6-16/h2-10,14,18H,12-13H2,1H3,(H,23,25)/t14-/m1/s1. The van der Waals surface area contributed by atoms with Crippen molar-refractivity contribution in [2.24, 2.45) is 0 Å². The molecule has 0 bridgehead atoms. The van der Waals surface area contributed by atoms with Crippen LogP contribution in [-0.2, 0) is 6.54 Å². The molecule has 0 unspecified atom stereocenters. The van der Waals surface area contributed by atoms with Crippen molar-refractivity contribution >= 4 is 6.03 Å². The van der Waals surface area contributed by atoms with E-state index >= 15 is 0 Å². The number of carbonyl (C=O) groups is 1. The summed E-state index contributed by atoms with van der Waals surface area (Å²) in [6.45, 7) is 1.24. The molecule has 0 saturated heterocycles. The number of nitrogens with zero attached hydrogens (tertiary/aromatic N) is 2. The van der Waals surface area contributed by atoms with E-state index in [4.69, 9.17) is 5.26 Å². The summed E-state index contributed by atoms with van der Waals surface area (Å²) in [6, 6.07) is 16.9. The lowest BCUT2D eigenvalue weighted by molar-refractivity contribution is 0.0949.